The molecule has 0 unspecified atom stereocenters. The van der Waals surface area contributed by atoms with Crippen LogP contribution in [-0.4, -0.2) is 5.24 Å². The van der Waals surface area contributed by atoms with Crippen molar-refractivity contribution in [3.63, 3.8) is 0 Å². The normalized spacial score (nSPS) is 17.9. The third-order valence-electron chi connectivity index (χ3n) is 1.93. The smallest absolute Gasteiger partial charge is 0.224 e. The third kappa shape index (κ3) is 4.89. The second-order valence-corrected chi connectivity index (χ2v) is 3.01. The molecule has 1 aliphatic rings. The van der Waals surface area contributed by atoms with Crippen LogP contribution in [-0.2, 0) is 4.79 Å². The molecule has 0 atom stereocenters. The number of halogens is 3. The molecule has 0 amide bonds. The fourth-order valence-corrected chi connectivity index (χ4v) is 1.55. The van der Waals surface area contributed by atoms with Crippen molar-refractivity contribution in [2.45, 2.75) is 32.1 Å². The van der Waals surface area contributed by atoms with Crippen LogP contribution in [0.4, 0.5) is 0 Å². The van der Waals surface area contributed by atoms with Crippen LogP contribution in [0, 0.1) is 5.92 Å². The van der Waals surface area contributed by atoms with Crippen LogP contribution >= 0.6 is 36.4 Å². The molecule has 0 radical (unpaired) electrons. The molecule has 1 fully saturated rings. The first-order chi connectivity index (χ1) is 4.30. The fourth-order valence-electron chi connectivity index (χ4n) is 1.33. The van der Waals surface area contributed by atoms with Crippen molar-refractivity contribution in [3.05, 3.63) is 0 Å². The lowest BCUT2D eigenvalue weighted by molar-refractivity contribution is -0.115. The Bertz CT molecular complexity index is 110. The summed E-state index contributed by atoms with van der Waals surface area (Å²) in [5, 5.41) is -0.130. The van der Waals surface area contributed by atoms with Crippen molar-refractivity contribution in [2.75, 3.05) is 0 Å². The molecule has 68 valence electrons. The van der Waals surface area contributed by atoms with Gasteiger partial charge in [0.1, 0.15) is 0 Å². The molecule has 0 bridgehead atoms. The first kappa shape index (κ1) is 14.1. The SMILES string of the molecule is Cl.Cl.O=C(Cl)C1CCCCC1. The molecule has 1 nitrogen and oxygen atoms in total. The van der Waals surface area contributed by atoms with E-state index in [1.165, 1.54) is 19.3 Å². The Balaban J connectivity index is 0. The van der Waals surface area contributed by atoms with Gasteiger partial charge in [0.2, 0.25) is 5.24 Å². The molecule has 0 aliphatic heterocycles. The van der Waals surface area contributed by atoms with Gasteiger partial charge in [-0.15, -0.1) is 24.8 Å². The largest absolute Gasteiger partial charge is 0.281 e. The molecular weight excluding hydrogens is 206 g/mol. The van der Waals surface area contributed by atoms with E-state index in [1.54, 1.807) is 0 Å². The average Bonchev–Trinajstić information content (AvgIpc) is 1.90. The molecule has 1 rings (SSSR count). The maximum atomic E-state index is 10.6. The highest BCUT2D eigenvalue weighted by Crippen LogP contribution is 2.24. The zero-order valence-electron chi connectivity index (χ0n) is 6.22. The van der Waals surface area contributed by atoms with Crippen LogP contribution in [0.3, 0.4) is 0 Å². The van der Waals surface area contributed by atoms with Gasteiger partial charge in [-0.25, -0.2) is 0 Å². The summed E-state index contributed by atoms with van der Waals surface area (Å²) < 4.78 is 0. The van der Waals surface area contributed by atoms with E-state index in [2.05, 4.69) is 0 Å². The predicted molar refractivity (Wildman–Crippen MR) is 51.9 cm³/mol. The van der Waals surface area contributed by atoms with Crippen LogP contribution in [0.2, 0.25) is 0 Å². The number of hydrogen-bond acceptors (Lipinski definition) is 1. The predicted octanol–water partition coefficient (Wildman–Crippen LogP) is 3.18. The molecule has 1 aliphatic carbocycles. The Labute approximate surface area is 84.7 Å². The van der Waals surface area contributed by atoms with Gasteiger partial charge in [-0.05, 0) is 24.4 Å². The zero-order valence-corrected chi connectivity index (χ0v) is 8.60. The Morgan fingerprint density at radius 1 is 1.09 bits per heavy atom. The molecule has 0 saturated heterocycles. The molecule has 1 saturated carbocycles. The lowest BCUT2D eigenvalue weighted by Crippen LogP contribution is -2.12. The molecule has 0 N–H and O–H groups in total. The average molecular weight is 220 g/mol. The van der Waals surface area contributed by atoms with Gasteiger partial charge in [0, 0.05) is 5.92 Å². The first-order valence-electron chi connectivity index (χ1n) is 3.50. The summed E-state index contributed by atoms with van der Waals surface area (Å²) in [6.45, 7) is 0. The second-order valence-electron chi connectivity index (χ2n) is 2.64. The van der Waals surface area contributed by atoms with E-state index in [9.17, 15) is 4.79 Å². The van der Waals surface area contributed by atoms with Gasteiger partial charge in [0.15, 0.2) is 0 Å². The molecule has 0 aromatic carbocycles. The van der Waals surface area contributed by atoms with E-state index >= 15 is 0 Å². The van der Waals surface area contributed by atoms with Crippen LogP contribution in [0.1, 0.15) is 32.1 Å². The molecule has 11 heavy (non-hydrogen) atoms. The van der Waals surface area contributed by atoms with E-state index in [0.717, 1.165) is 12.8 Å². The summed E-state index contributed by atoms with van der Waals surface area (Å²) in [4.78, 5) is 10.6. The van der Waals surface area contributed by atoms with Crippen molar-refractivity contribution >= 4 is 41.7 Å². The molecular formula is C7H13Cl3O. The Kier molecular flexibility index (Phi) is 9.22. The van der Waals surface area contributed by atoms with Gasteiger partial charge in [-0.3, -0.25) is 4.79 Å². The second kappa shape index (κ2) is 7.20. The molecule has 0 spiro atoms. The van der Waals surface area contributed by atoms with Crippen molar-refractivity contribution in [2.24, 2.45) is 5.92 Å². The summed E-state index contributed by atoms with van der Waals surface area (Å²) in [5.74, 6) is 0.181. The first-order valence-corrected chi connectivity index (χ1v) is 3.88. The molecule has 4 heteroatoms. The highest BCUT2D eigenvalue weighted by atomic mass is 35.5. The highest BCUT2D eigenvalue weighted by molar-refractivity contribution is 6.63. The Morgan fingerprint density at radius 3 is 1.82 bits per heavy atom. The van der Waals surface area contributed by atoms with Gasteiger partial charge >= 0.3 is 0 Å². The van der Waals surface area contributed by atoms with Crippen molar-refractivity contribution < 1.29 is 4.79 Å². The van der Waals surface area contributed by atoms with Gasteiger partial charge in [-0.2, -0.15) is 0 Å². The monoisotopic (exact) mass is 218 g/mol. The van der Waals surface area contributed by atoms with Gasteiger partial charge in [0.25, 0.3) is 0 Å². The van der Waals surface area contributed by atoms with Crippen LogP contribution in [0.5, 0.6) is 0 Å². The maximum absolute atomic E-state index is 10.6. The summed E-state index contributed by atoms with van der Waals surface area (Å²) in [6, 6.07) is 0. The van der Waals surface area contributed by atoms with Gasteiger partial charge in [0.05, 0.1) is 0 Å². The number of carbonyl (C=O) groups is 1. The molecule has 0 aromatic heterocycles. The number of rotatable bonds is 1. The number of hydrogen-bond donors (Lipinski definition) is 0. The van der Waals surface area contributed by atoms with Crippen molar-refractivity contribution in [1.29, 1.82) is 0 Å². The van der Waals surface area contributed by atoms with E-state index in [-0.39, 0.29) is 36.0 Å². The number of carbonyl (C=O) groups excluding carboxylic acids is 1. The van der Waals surface area contributed by atoms with Crippen LogP contribution in [0.25, 0.3) is 0 Å². The van der Waals surface area contributed by atoms with E-state index in [1.807, 2.05) is 0 Å². The topological polar surface area (TPSA) is 17.1 Å². The lowest BCUT2D eigenvalue weighted by Gasteiger charge is -2.16. The van der Waals surface area contributed by atoms with Crippen molar-refractivity contribution in [3.8, 4) is 0 Å². The van der Waals surface area contributed by atoms with E-state index < -0.39 is 0 Å². The summed E-state index contributed by atoms with van der Waals surface area (Å²) in [7, 11) is 0. The third-order valence-corrected chi connectivity index (χ3v) is 2.23. The van der Waals surface area contributed by atoms with E-state index in [0.29, 0.717) is 0 Å². The van der Waals surface area contributed by atoms with Gasteiger partial charge in [-0.1, -0.05) is 19.3 Å². The fraction of sp³-hybridized carbons (Fsp3) is 0.857. The molecule has 0 heterocycles. The minimum atomic E-state index is -0.130. The lowest BCUT2D eigenvalue weighted by atomic mass is 9.90. The van der Waals surface area contributed by atoms with Gasteiger partial charge < -0.3 is 0 Å². The molecule has 0 aromatic rings. The van der Waals surface area contributed by atoms with Crippen LogP contribution < -0.4 is 0 Å². The summed E-state index contributed by atoms with van der Waals surface area (Å²) in [6.07, 6.45) is 5.68. The Hall–Kier alpha value is 0.540. The Morgan fingerprint density at radius 2 is 1.55 bits per heavy atom. The minimum absolute atomic E-state index is 0. The standard InChI is InChI=1S/C7H11ClO.2ClH/c8-7(9)6-4-2-1-3-5-6;;/h6H,1-5H2;2*1H. The van der Waals surface area contributed by atoms with Crippen LogP contribution in [0.15, 0.2) is 0 Å². The minimum Gasteiger partial charge on any atom is -0.281 e. The van der Waals surface area contributed by atoms with Crippen molar-refractivity contribution in [1.82, 2.24) is 0 Å². The van der Waals surface area contributed by atoms with E-state index in [4.69, 9.17) is 11.6 Å². The summed E-state index contributed by atoms with van der Waals surface area (Å²) in [5.41, 5.74) is 0. The maximum Gasteiger partial charge on any atom is 0.224 e. The summed E-state index contributed by atoms with van der Waals surface area (Å²) >= 11 is 5.32. The highest BCUT2D eigenvalue weighted by Gasteiger charge is 2.18. The zero-order chi connectivity index (χ0) is 6.69. The quantitative estimate of drug-likeness (QED) is 0.619.